The first-order valence-electron chi connectivity index (χ1n) is 9.79. The maximum absolute atomic E-state index is 13.4. The van der Waals surface area contributed by atoms with Gasteiger partial charge in [-0.15, -0.1) is 0 Å². The third-order valence-electron chi connectivity index (χ3n) is 5.52. The lowest BCUT2D eigenvalue weighted by atomic mass is 9.98. The Morgan fingerprint density at radius 3 is 2.47 bits per heavy atom. The Balaban J connectivity index is 1.66. The fourth-order valence-electron chi connectivity index (χ4n) is 4.12. The van der Waals surface area contributed by atoms with Gasteiger partial charge >= 0.3 is 0 Å². The number of fused-ring (bicyclic) bond motifs is 2. The second kappa shape index (κ2) is 7.47. The summed E-state index contributed by atoms with van der Waals surface area (Å²) in [5.41, 5.74) is 2.55. The van der Waals surface area contributed by atoms with Crippen LogP contribution in [0.4, 0.5) is 0 Å². The highest BCUT2D eigenvalue weighted by atomic mass is 35.5. The largest absolute Gasteiger partial charge is 0.450 e. The van der Waals surface area contributed by atoms with Crippen molar-refractivity contribution in [2.24, 2.45) is 0 Å². The summed E-state index contributed by atoms with van der Waals surface area (Å²) in [5, 5.41) is 1.03. The Morgan fingerprint density at radius 2 is 1.67 bits per heavy atom. The number of para-hydroxylation sites is 1. The van der Waals surface area contributed by atoms with Crippen LogP contribution < -0.4 is 5.43 Å². The van der Waals surface area contributed by atoms with Crippen LogP contribution in [-0.4, -0.2) is 17.4 Å². The van der Waals surface area contributed by atoms with E-state index in [1.807, 2.05) is 42.5 Å². The number of halogens is 1. The SMILES string of the molecule is O=C1c2oc3ccccc3c(=O)c2C(c2cccc(Cl)c2)N1CCc1ccccc1. The van der Waals surface area contributed by atoms with Crippen molar-refractivity contribution >= 4 is 28.5 Å². The van der Waals surface area contributed by atoms with E-state index in [9.17, 15) is 9.59 Å². The monoisotopic (exact) mass is 415 g/mol. The first-order chi connectivity index (χ1) is 14.6. The molecule has 1 aromatic heterocycles. The van der Waals surface area contributed by atoms with Crippen LogP contribution in [0.15, 0.2) is 88.1 Å². The first kappa shape index (κ1) is 18.6. The highest BCUT2D eigenvalue weighted by Crippen LogP contribution is 2.38. The average Bonchev–Trinajstić information content (AvgIpc) is 3.05. The zero-order valence-corrected chi connectivity index (χ0v) is 16.8. The molecular formula is C25H18ClNO3. The lowest BCUT2D eigenvalue weighted by molar-refractivity contribution is 0.0730. The van der Waals surface area contributed by atoms with Gasteiger partial charge in [-0.1, -0.05) is 66.2 Å². The van der Waals surface area contributed by atoms with E-state index in [4.69, 9.17) is 16.0 Å². The van der Waals surface area contributed by atoms with Gasteiger partial charge in [0.05, 0.1) is 17.0 Å². The molecule has 1 aliphatic rings. The molecule has 3 aromatic carbocycles. The summed E-state index contributed by atoms with van der Waals surface area (Å²) in [6.45, 7) is 0.458. The van der Waals surface area contributed by atoms with Crippen molar-refractivity contribution in [3.8, 4) is 0 Å². The molecule has 0 bridgehead atoms. The van der Waals surface area contributed by atoms with Crippen LogP contribution in [-0.2, 0) is 6.42 Å². The van der Waals surface area contributed by atoms with Crippen molar-refractivity contribution in [1.82, 2.24) is 4.90 Å². The topological polar surface area (TPSA) is 50.5 Å². The summed E-state index contributed by atoms with van der Waals surface area (Å²) in [6, 6.07) is 23.8. The molecule has 1 unspecified atom stereocenters. The van der Waals surface area contributed by atoms with Crippen LogP contribution in [0.3, 0.4) is 0 Å². The minimum Gasteiger partial charge on any atom is -0.450 e. The number of hydrogen-bond donors (Lipinski definition) is 0. The normalized spacial score (nSPS) is 15.6. The van der Waals surface area contributed by atoms with E-state index in [0.29, 0.717) is 34.5 Å². The van der Waals surface area contributed by atoms with Crippen molar-refractivity contribution in [1.29, 1.82) is 0 Å². The van der Waals surface area contributed by atoms with Crippen molar-refractivity contribution < 1.29 is 9.21 Å². The van der Waals surface area contributed by atoms with Gasteiger partial charge in [0.25, 0.3) is 5.91 Å². The van der Waals surface area contributed by atoms with Crippen molar-refractivity contribution in [2.75, 3.05) is 6.54 Å². The van der Waals surface area contributed by atoms with Gasteiger partial charge in [0.15, 0.2) is 5.43 Å². The van der Waals surface area contributed by atoms with Gasteiger partial charge in [-0.05, 0) is 41.8 Å². The van der Waals surface area contributed by atoms with Crippen LogP contribution in [0.25, 0.3) is 11.0 Å². The molecule has 1 amide bonds. The first-order valence-corrected chi connectivity index (χ1v) is 10.2. The molecule has 0 radical (unpaired) electrons. The van der Waals surface area contributed by atoms with Gasteiger partial charge in [0.2, 0.25) is 5.76 Å². The number of amides is 1. The third kappa shape index (κ3) is 3.10. The molecule has 30 heavy (non-hydrogen) atoms. The fraction of sp³-hybridized carbons (Fsp3) is 0.120. The summed E-state index contributed by atoms with van der Waals surface area (Å²) in [5.74, 6) is -0.148. The maximum Gasteiger partial charge on any atom is 0.290 e. The zero-order chi connectivity index (χ0) is 20.7. The minimum absolute atomic E-state index is 0.122. The van der Waals surface area contributed by atoms with Gasteiger partial charge in [-0.3, -0.25) is 9.59 Å². The highest BCUT2D eigenvalue weighted by molar-refractivity contribution is 6.30. The Bertz CT molecular complexity index is 1310. The molecule has 0 aliphatic carbocycles. The molecular weight excluding hydrogens is 398 g/mol. The Labute approximate surface area is 178 Å². The lowest BCUT2D eigenvalue weighted by Gasteiger charge is -2.25. The fourth-order valence-corrected chi connectivity index (χ4v) is 4.31. The molecule has 1 atom stereocenters. The number of benzene rings is 3. The quantitative estimate of drug-likeness (QED) is 0.458. The Morgan fingerprint density at radius 1 is 0.900 bits per heavy atom. The number of carbonyl (C=O) groups excluding carboxylic acids is 1. The van der Waals surface area contributed by atoms with E-state index in [1.54, 1.807) is 41.3 Å². The predicted octanol–water partition coefficient (Wildman–Crippen LogP) is 5.23. The number of rotatable bonds is 4. The standard InChI is InChI=1S/C25H18ClNO3/c26-18-10-6-9-17(15-18)22-21-23(28)19-11-4-5-12-20(19)30-24(21)25(29)27(22)14-13-16-7-2-1-3-8-16/h1-12,15,22H,13-14H2. The van der Waals surface area contributed by atoms with E-state index in [2.05, 4.69) is 0 Å². The molecule has 2 heterocycles. The van der Waals surface area contributed by atoms with Gasteiger partial charge < -0.3 is 9.32 Å². The Kier molecular flexibility index (Phi) is 4.64. The van der Waals surface area contributed by atoms with Gasteiger partial charge in [0.1, 0.15) is 5.58 Å². The van der Waals surface area contributed by atoms with E-state index >= 15 is 0 Å². The molecule has 148 valence electrons. The molecule has 0 N–H and O–H groups in total. The molecule has 0 saturated carbocycles. The average molecular weight is 416 g/mol. The van der Waals surface area contributed by atoms with Gasteiger partial charge in [-0.2, -0.15) is 0 Å². The molecule has 1 aliphatic heterocycles. The third-order valence-corrected chi connectivity index (χ3v) is 5.76. The molecule has 4 aromatic rings. The van der Waals surface area contributed by atoms with E-state index in [1.165, 1.54) is 0 Å². The van der Waals surface area contributed by atoms with Gasteiger partial charge in [-0.25, -0.2) is 0 Å². The van der Waals surface area contributed by atoms with Crippen molar-refractivity contribution in [3.63, 3.8) is 0 Å². The number of hydrogen-bond acceptors (Lipinski definition) is 3. The Hall–Kier alpha value is -3.37. The van der Waals surface area contributed by atoms with Gasteiger partial charge in [0, 0.05) is 11.6 Å². The molecule has 0 spiro atoms. The van der Waals surface area contributed by atoms with E-state index < -0.39 is 6.04 Å². The summed E-state index contributed by atoms with van der Waals surface area (Å²) < 4.78 is 5.94. The molecule has 5 rings (SSSR count). The van der Waals surface area contributed by atoms with Crippen LogP contribution in [0, 0.1) is 0 Å². The smallest absolute Gasteiger partial charge is 0.290 e. The van der Waals surface area contributed by atoms with Crippen molar-refractivity contribution in [3.05, 3.63) is 117 Å². The van der Waals surface area contributed by atoms with Crippen LogP contribution >= 0.6 is 11.6 Å². The van der Waals surface area contributed by atoms with Crippen molar-refractivity contribution in [2.45, 2.75) is 12.5 Å². The summed E-state index contributed by atoms with van der Waals surface area (Å²) in [4.78, 5) is 28.4. The number of carbonyl (C=O) groups is 1. The predicted molar refractivity (Wildman–Crippen MR) is 117 cm³/mol. The summed E-state index contributed by atoms with van der Waals surface area (Å²) >= 11 is 6.24. The van der Waals surface area contributed by atoms with Crippen LogP contribution in [0.5, 0.6) is 0 Å². The van der Waals surface area contributed by atoms with E-state index in [-0.39, 0.29) is 17.1 Å². The molecule has 5 heteroatoms. The lowest BCUT2D eigenvalue weighted by Crippen LogP contribution is -2.31. The second-order valence-corrected chi connectivity index (χ2v) is 7.80. The van der Waals surface area contributed by atoms with Crippen LogP contribution in [0.1, 0.15) is 33.3 Å². The second-order valence-electron chi connectivity index (χ2n) is 7.36. The van der Waals surface area contributed by atoms with Crippen LogP contribution in [0.2, 0.25) is 5.02 Å². The highest BCUT2D eigenvalue weighted by Gasteiger charge is 2.42. The zero-order valence-electron chi connectivity index (χ0n) is 16.0. The molecule has 0 fully saturated rings. The molecule has 4 nitrogen and oxygen atoms in total. The summed E-state index contributed by atoms with van der Waals surface area (Å²) in [7, 11) is 0. The number of nitrogens with zero attached hydrogens (tertiary/aromatic N) is 1. The maximum atomic E-state index is 13.4. The molecule has 0 saturated heterocycles. The summed E-state index contributed by atoms with van der Waals surface area (Å²) in [6.07, 6.45) is 0.672. The van der Waals surface area contributed by atoms with E-state index in [0.717, 1.165) is 11.1 Å². The minimum atomic E-state index is -0.532.